The van der Waals surface area contributed by atoms with Crippen LogP contribution in [0.1, 0.15) is 30.8 Å². The van der Waals surface area contributed by atoms with Crippen LogP contribution in [0.25, 0.3) is 0 Å². The molecule has 0 radical (unpaired) electrons. The Morgan fingerprint density at radius 2 is 2.17 bits per heavy atom. The van der Waals surface area contributed by atoms with Gasteiger partial charge < -0.3 is 9.32 Å². The van der Waals surface area contributed by atoms with Gasteiger partial charge in [0.15, 0.2) is 0 Å². The van der Waals surface area contributed by atoms with Crippen molar-refractivity contribution >= 4 is 5.91 Å². The first kappa shape index (κ1) is 11.8. The van der Waals surface area contributed by atoms with Gasteiger partial charge in [-0.3, -0.25) is 9.69 Å². The van der Waals surface area contributed by atoms with Crippen molar-refractivity contribution in [1.82, 2.24) is 9.80 Å². The summed E-state index contributed by atoms with van der Waals surface area (Å²) in [5, 5.41) is 0. The summed E-state index contributed by atoms with van der Waals surface area (Å²) in [5.41, 5.74) is 0. The fourth-order valence-electron chi connectivity index (χ4n) is 3.33. The number of nitrogens with zero attached hydrogens (tertiary/aromatic N) is 2. The molecule has 1 aromatic heterocycles. The molecular formula is C14H20N2O2. The van der Waals surface area contributed by atoms with Crippen LogP contribution in [0.2, 0.25) is 0 Å². The zero-order valence-corrected chi connectivity index (χ0v) is 11.1. The van der Waals surface area contributed by atoms with E-state index in [9.17, 15) is 4.79 Å². The van der Waals surface area contributed by atoms with E-state index in [1.54, 1.807) is 0 Å². The Kier molecular flexibility index (Phi) is 2.90. The predicted molar refractivity (Wildman–Crippen MR) is 68.1 cm³/mol. The average molecular weight is 248 g/mol. The molecule has 2 saturated heterocycles. The number of piperidine rings is 1. The second-order valence-electron chi connectivity index (χ2n) is 5.45. The second-order valence-corrected chi connectivity index (χ2v) is 5.45. The number of likely N-dealkylation sites (N-methyl/N-ethyl adjacent to an activating group) is 1. The third-order valence-electron chi connectivity index (χ3n) is 4.33. The van der Waals surface area contributed by atoms with Gasteiger partial charge >= 0.3 is 0 Å². The van der Waals surface area contributed by atoms with Crippen LogP contribution in [0.5, 0.6) is 0 Å². The normalized spacial score (nSPS) is 28.8. The number of carbonyl (C=O) groups excluding carboxylic acids is 1. The molecule has 98 valence electrons. The zero-order valence-electron chi connectivity index (χ0n) is 11.1. The number of fused-ring (bicyclic) bond motifs is 1. The Labute approximate surface area is 108 Å². The van der Waals surface area contributed by atoms with Crippen LogP contribution >= 0.6 is 0 Å². The topological polar surface area (TPSA) is 36.7 Å². The number of likely N-dealkylation sites (tertiary alicyclic amines) is 2. The van der Waals surface area contributed by atoms with Crippen molar-refractivity contribution in [1.29, 1.82) is 0 Å². The van der Waals surface area contributed by atoms with Gasteiger partial charge in [-0.25, -0.2) is 0 Å². The largest absolute Gasteiger partial charge is 0.465 e. The van der Waals surface area contributed by atoms with E-state index in [2.05, 4.69) is 11.0 Å². The molecule has 3 rings (SSSR count). The highest BCUT2D eigenvalue weighted by molar-refractivity contribution is 5.77. The highest BCUT2D eigenvalue weighted by Crippen LogP contribution is 2.31. The van der Waals surface area contributed by atoms with E-state index in [1.807, 2.05) is 24.9 Å². The van der Waals surface area contributed by atoms with E-state index >= 15 is 0 Å². The summed E-state index contributed by atoms with van der Waals surface area (Å²) >= 11 is 0. The van der Waals surface area contributed by atoms with Crippen LogP contribution in [-0.4, -0.2) is 41.4 Å². The molecule has 2 aliphatic rings. The van der Waals surface area contributed by atoms with E-state index in [1.165, 1.54) is 0 Å². The molecule has 0 N–H and O–H groups in total. The molecule has 0 aromatic carbocycles. The summed E-state index contributed by atoms with van der Waals surface area (Å²) in [4.78, 5) is 16.1. The predicted octanol–water partition coefficient (Wildman–Crippen LogP) is 1.78. The number of rotatable bonds is 2. The zero-order chi connectivity index (χ0) is 12.7. The number of hydrogen-bond acceptors (Lipinski definition) is 3. The maximum absolute atomic E-state index is 11.7. The van der Waals surface area contributed by atoms with Crippen LogP contribution in [0.15, 0.2) is 16.5 Å². The van der Waals surface area contributed by atoms with Crippen LogP contribution < -0.4 is 0 Å². The number of aryl methyl sites for hydroxylation is 1. The lowest BCUT2D eigenvalue weighted by Crippen LogP contribution is -2.50. The number of furan rings is 1. The van der Waals surface area contributed by atoms with Crippen LogP contribution in [0.3, 0.4) is 0 Å². The minimum Gasteiger partial charge on any atom is -0.465 e. The van der Waals surface area contributed by atoms with Crippen molar-refractivity contribution in [2.75, 3.05) is 13.6 Å². The van der Waals surface area contributed by atoms with Gasteiger partial charge in [-0.15, -0.1) is 0 Å². The molecule has 3 heterocycles. The number of carbonyl (C=O) groups is 1. The van der Waals surface area contributed by atoms with Crippen LogP contribution in [-0.2, 0) is 11.3 Å². The summed E-state index contributed by atoms with van der Waals surface area (Å²) in [5.74, 6) is 2.30. The fraction of sp³-hybridized carbons (Fsp3) is 0.643. The first-order chi connectivity index (χ1) is 8.65. The van der Waals surface area contributed by atoms with E-state index < -0.39 is 0 Å². The molecule has 4 nitrogen and oxygen atoms in total. The minimum absolute atomic E-state index is 0.298. The Morgan fingerprint density at radius 1 is 1.33 bits per heavy atom. The number of amides is 1. The van der Waals surface area contributed by atoms with Crippen molar-refractivity contribution in [2.24, 2.45) is 0 Å². The summed E-state index contributed by atoms with van der Waals surface area (Å²) in [6.45, 7) is 3.91. The Balaban J connectivity index is 1.70. The second kappa shape index (κ2) is 4.43. The third kappa shape index (κ3) is 1.94. The van der Waals surface area contributed by atoms with E-state index in [-0.39, 0.29) is 0 Å². The van der Waals surface area contributed by atoms with Gasteiger partial charge in [0.25, 0.3) is 0 Å². The smallest absolute Gasteiger partial charge is 0.222 e. The maximum Gasteiger partial charge on any atom is 0.222 e. The molecule has 18 heavy (non-hydrogen) atoms. The lowest BCUT2D eigenvalue weighted by atomic mass is 9.97. The van der Waals surface area contributed by atoms with Gasteiger partial charge in [0.2, 0.25) is 5.91 Å². The molecule has 1 amide bonds. The molecule has 0 saturated carbocycles. The third-order valence-corrected chi connectivity index (χ3v) is 4.33. The first-order valence-electron chi connectivity index (χ1n) is 6.70. The van der Waals surface area contributed by atoms with Gasteiger partial charge in [-0.1, -0.05) is 0 Å². The van der Waals surface area contributed by atoms with Crippen molar-refractivity contribution in [3.05, 3.63) is 23.7 Å². The average Bonchev–Trinajstić information content (AvgIpc) is 2.92. The summed E-state index contributed by atoms with van der Waals surface area (Å²) < 4.78 is 5.65. The lowest BCUT2D eigenvalue weighted by molar-refractivity contribution is -0.135. The standard InChI is InChI=1S/C14H20N2O2/c1-10-3-4-11(18-10)9-16-8-7-12-13(16)5-6-14(17)15(12)2/h3-4,12-13H,5-9H2,1-2H3/t12-,13-/m1/s1. The summed E-state index contributed by atoms with van der Waals surface area (Å²) in [6.07, 6.45) is 2.77. The van der Waals surface area contributed by atoms with Gasteiger partial charge in [0.1, 0.15) is 11.5 Å². The fourth-order valence-corrected chi connectivity index (χ4v) is 3.33. The monoisotopic (exact) mass is 248 g/mol. The van der Waals surface area contributed by atoms with E-state index in [4.69, 9.17) is 4.42 Å². The summed E-state index contributed by atoms with van der Waals surface area (Å²) in [6, 6.07) is 4.99. The molecule has 0 aliphatic carbocycles. The first-order valence-corrected chi connectivity index (χ1v) is 6.70. The Bertz CT molecular complexity index is 454. The molecule has 0 bridgehead atoms. The van der Waals surface area contributed by atoms with Gasteiger partial charge in [-0.05, 0) is 31.9 Å². The molecule has 2 aliphatic heterocycles. The highest BCUT2D eigenvalue weighted by atomic mass is 16.3. The van der Waals surface area contributed by atoms with Crippen molar-refractivity contribution in [3.8, 4) is 0 Å². The molecule has 1 aromatic rings. The van der Waals surface area contributed by atoms with Gasteiger partial charge in [-0.2, -0.15) is 0 Å². The van der Waals surface area contributed by atoms with Crippen molar-refractivity contribution in [2.45, 2.75) is 44.8 Å². The lowest BCUT2D eigenvalue weighted by Gasteiger charge is -2.37. The minimum atomic E-state index is 0.298. The SMILES string of the molecule is Cc1ccc(CN2CC[C@@H]3[C@H]2CCC(=O)N3C)o1. The Morgan fingerprint density at radius 3 is 2.89 bits per heavy atom. The molecule has 4 heteroatoms. The van der Waals surface area contributed by atoms with Crippen LogP contribution in [0.4, 0.5) is 0 Å². The van der Waals surface area contributed by atoms with Crippen molar-refractivity contribution < 1.29 is 9.21 Å². The van der Waals surface area contributed by atoms with E-state index in [0.29, 0.717) is 24.4 Å². The van der Waals surface area contributed by atoms with Gasteiger partial charge in [0.05, 0.1) is 6.54 Å². The highest BCUT2D eigenvalue weighted by Gasteiger charge is 2.41. The molecule has 0 spiro atoms. The Hall–Kier alpha value is -1.29. The quantitative estimate of drug-likeness (QED) is 0.800. The van der Waals surface area contributed by atoms with Crippen LogP contribution in [0, 0.1) is 6.92 Å². The molecule has 0 unspecified atom stereocenters. The molecule has 2 fully saturated rings. The summed E-state index contributed by atoms with van der Waals surface area (Å²) in [7, 11) is 1.94. The number of hydrogen-bond donors (Lipinski definition) is 0. The molecular weight excluding hydrogens is 228 g/mol. The van der Waals surface area contributed by atoms with Crippen molar-refractivity contribution in [3.63, 3.8) is 0 Å². The molecule has 2 atom stereocenters. The maximum atomic E-state index is 11.7. The van der Waals surface area contributed by atoms with E-state index in [0.717, 1.165) is 37.5 Å². The van der Waals surface area contributed by atoms with Gasteiger partial charge in [0, 0.05) is 32.1 Å².